The number of aliphatic hydroxyl groups excluding tert-OH is 1. The summed E-state index contributed by atoms with van der Waals surface area (Å²) in [4.78, 5) is 17.8. The molecule has 0 saturated heterocycles. The molecule has 0 amide bonds. The van der Waals surface area contributed by atoms with Crippen LogP contribution in [0.15, 0.2) is 23.2 Å². The number of thiophene rings is 1. The Balaban J connectivity index is 1.39. The molecule has 160 valence electrons. The molecule has 30 heavy (non-hydrogen) atoms. The van der Waals surface area contributed by atoms with Crippen LogP contribution in [0.25, 0.3) is 10.2 Å². The van der Waals surface area contributed by atoms with E-state index in [4.69, 9.17) is 9.15 Å². The lowest BCUT2D eigenvalue weighted by molar-refractivity contribution is 0.108. The van der Waals surface area contributed by atoms with Gasteiger partial charge in [-0.3, -0.25) is 0 Å². The first-order valence-electron chi connectivity index (χ1n) is 10.8. The van der Waals surface area contributed by atoms with Crippen molar-refractivity contribution in [3.63, 3.8) is 0 Å². The Morgan fingerprint density at radius 2 is 2.03 bits per heavy atom. The highest BCUT2D eigenvalue weighted by Crippen LogP contribution is 2.48. The minimum Gasteiger partial charge on any atom is -0.474 e. The molecule has 0 unspecified atom stereocenters. The third kappa shape index (κ3) is 3.72. The molecule has 7 nitrogen and oxygen atoms in total. The van der Waals surface area contributed by atoms with Crippen molar-refractivity contribution in [2.45, 2.75) is 69.1 Å². The summed E-state index contributed by atoms with van der Waals surface area (Å²) in [7, 11) is 4.31. The van der Waals surface area contributed by atoms with E-state index in [1.54, 1.807) is 23.9 Å². The largest absolute Gasteiger partial charge is 0.474 e. The second kappa shape index (κ2) is 8.24. The van der Waals surface area contributed by atoms with Gasteiger partial charge >= 0.3 is 0 Å². The maximum atomic E-state index is 10.6. The van der Waals surface area contributed by atoms with Crippen molar-refractivity contribution >= 4 is 21.6 Å². The topological polar surface area (TPSA) is 84.5 Å². The highest BCUT2D eigenvalue weighted by molar-refractivity contribution is 7.19. The average molecular weight is 429 g/mol. The maximum absolute atomic E-state index is 10.6. The van der Waals surface area contributed by atoms with Crippen LogP contribution in [0.5, 0.6) is 5.88 Å². The van der Waals surface area contributed by atoms with Crippen LogP contribution in [-0.2, 0) is 6.42 Å². The maximum Gasteiger partial charge on any atom is 0.225 e. The average Bonchev–Trinajstić information content (AvgIpc) is 3.46. The standard InChI is InChI=1S/C22H28N4O3S/c1-26(2)14-4-6-15(7-5-14)29-21-19-18-13(11-16(27)20-23-9-10-28-20)3-8-17(18)30-22(19)25-12-24-21/h9-10,12-16,27H,3-8,11H2,1-2H3/t13-,14-,15-,16+/m1/s1. The van der Waals surface area contributed by atoms with E-state index >= 15 is 0 Å². The minimum atomic E-state index is -0.707. The molecule has 2 aliphatic rings. The van der Waals surface area contributed by atoms with Crippen LogP contribution in [0.1, 0.15) is 66.9 Å². The number of hydrogen-bond donors (Lipinski definition) is 1. The molecular formula is C22H28N4O3S. The van der Waals surface area contributed by atoms with E-state index in [0.29, 0.717) is 24.2 Å². The van der Waals surface area contributed by atoms with Crippen molar-refractivity contribution in [3.05, 3.63) is 35.1 Å². The number of aliphatic hydroxyl groups is 1. The van der Waals surface area contributed by atoms with Gasteiger partial charge in [0.05, 0.1) is 11.6 Å². The molecule has 0 aliphatic heterocycles. The van der Waals surface area contributed by atoms with E-state index in [1.165, 1.54) is 16.7 Å². The summed E-state index contributed by atoms with van der Waals surface area (Å²) in [5.74, 6) is 1.32. The van der Waals surface area contributed by atoms with Crippen LogP contribution in [0.3, 0.4) is 0 Å². The zero-order chi connectivity index (χ0) is 20.7. The van der Waals surface area contributed by atoms with Crippen LogP contribution in [0.4, 0.5) is 0 Å². The highest BCUT2D eigenvalue weighted by Gasteiger charge is 2.33. The lowest BCUT2D eigenvalue weighted by Gasteiger charge is -2.32. The fourth-order valence-electron chi connectivity index (χ4n) is 4.97. The molecule has 2 atom stereocenters. The van der Waals surface area contributed by atoms with E-state index in [0.717, 1.165) is 48.7 Å². The van der Waals surface area contributed by atoms with E-state index in [2.05, 4.69) is 33.9 Å². The Morgan fingerprint density at radius 1 is 1.20 bits per heavy atom. The Bertz CT molecular complexity index is 995. The quantitative estimate of drug-likeness (QED) is 0.633. The summed E-state index contributed by atoms with van der Waals surface area (Å²) in [6.45, 7) is 0. The van der Waals surface area contributed by atoms with Gasteiger partial charge in [0.25, 0.3) is 0 Å². The summed E-state index contributed by atoms with van der Waals surface area (Å²) in [6.07, 6.45) is 11.2. The SMILES string of the molecule is CN(C)[C@H]1CC[C@H](Oc2ncnc3sc4c(c23)[C@@H](C[C@H](O)c2ncco2)CC4)CC1. The molecule has 1 fully saturated rings. The van der Waals surface area contributed by atoms with Crippen molar-refractivity contribution in [2.24, 2.45) is 0 Å². The van der Waals surface area contributed by atoms with Crippen molar-refractivity contribution in [1.29, 1.82) is 0 Å². The van der Waals surface area contributed by atoms with Crippen LogP contribution < -0.4 is 4.74 Å². The van der Waals surface area contributed by atoms with Gasteiger partial charge in [0.2, 0.25) is 11.8 Å². The molecule has 0 aromatic carbocycles. The summed E-state index contributed by atoms with van der Waals surface area (Å²) in [5.41, 5.74) is 1.26. The molecule has 1 N–H and O–H groups in total. The van der Waals surface area contributed by atoms with Gasteiger partial charge in [-0.05, 0) is 70.5 Å². The van der Waals surface area contributed by atoms with E-state index in [1.807, 2.05) is 0 Å². The van der Waals surface area contributed by atoms with Gasteiger partial charge in [0, 0.05) is 10.9 Å². The number of rotatable bonds is 6. The van der Waals surface area contributed by atoms with E-state index in [9.17, 15) is 5.11 Å². The minimum absolute atomic E-state index is 0.201. The summed E-state index contributed by atoms with van der Waals surface area (Å²) in [6, 6.07) is 0.641. The second-order valence-corrected chi connectivity index (χ2v) is 9.75. The van der Waals surface area contributed by atoms with Gasteiger partial charge in [-0.2, -0.15) is 0 Å². The number of aryl methyl sites for hydroxylation is 1. The molecule has 5 rings (SSSR count). The zero-order valence-electron chi connectivity index (χ0n) is 17.5. The number of hydrogen-bond acceptors (Lipinski definition) is 8. The molecule has 0 bridgehead atoms. The van der Waals surface area contributed by atoms with E-state index in [-0.39, 0.29) is 12.0 Å². The van der Waals surface area contributed by atoms with Crippen LogP contribution in [-0.4, -0.2) is 51.2 Å². The zero-order valence-corrected chi connectivity index (χ0v) is 18.3. The predicted molar refractivity (Wildman–Crippen MR) is 115 cm³/mol. The summed E-state index contributed by atoms with van der Waals surface area (Å²) in [5, 5.41) is 11.6. The number of nitrogens with zero attached hydrogens (tertiary/aromatic N) is 4. The first-order valence-corrected chi connectivity index (χ1v) is 11.6. The van der Waals surface area contributed by atoms with Crippen molar-refractivity contribution in [2.75, 3.05) is 14.1 Å². The molecule has 8 heteroatoms. The fraction of sp³-hybridized carbons (Fsp3) is 0.591. The van der Waals surface area contributed by atoms with Crippen molar-refractivity contribution in [1.82, 2.24) is 19.9 Å². The van der Waals surface area contributed by atoms with Crippen LogP contribution in [0.2, 0.25) is 0 Å². The highest BCUT2D eigenvalue weighted by atomic mass is 32.1. The first-order chi connectivity index (χ1) is 14.6. The lowest BCUT2D eigenvalue weighted by Crippen LogP contribution is -2.35. The number of oxazole rings is 1. The molecule has 2 aliphatic carbocycles. The van der Waals surface area contributed by atoms with Gasteiger partial charge in [0.15, 0.2) is 0 Å². The molecule has 1 saturated carbocycles. The van der Waals surface area contributed by atoms with Gasteiger partial charge in [-0.1, -0.05) is 0 Å². The van der Waals surface area contributed by atoms with E-state index < -0.39 is 6.10 Å². The Hall–Kier alpha value is -2.03. The normalized spacial score (nSPS) is 25.0. The molecule has 3 aromatic heterocycles. The Kier molecular flexibility index (Phi) is 5.47. The molecule has 3 heterocycles. The molecule has 0 radical (unpaired) electrons. The van der Waals surface area contributed by atoms with Gasteiger partial charge in [-0.25, -0.2) is 15.0 Å². The molecule has 0 spiro atoms. The van der Waals surface area contributed by atoms with Gasteiger partial charge in [-0.15, -0.1) is 11.3 Å². The summed E-state index contributed by atoms with van der Waals surface area (Å²) >= 11 is 1.74. The Labute approximate surface area is 180 Å². The summed E-state index contributed by atoms with van der Waals surface area (Å²) < 4.78 is 11.8. The van der Waals surface area contributed by atoms with Crippen LogP contribution >= 0.6 is 11.3 Å². The number of fused-ring (bicyclic) bond motifs is 3. The van der Waals surface area contributed by atoms with Gasteiger partial charge < -0.3 is 19.2 Å². The van der Waals surface area contributed by atoms with Crippen molar-refractivity contribution < 1.29 is 14.3 Å². The molecule has 3 aromatic rings. The third-order valence-electron chi connectivity index (χ3n) is 6.59. The lowest BCUT2D eigenvalue weighted by atomic mass is 9.92. The monoisotopic (exact) mass is 428 g/mol. The first kappa shape index (κ1) is 19.9. The van der Waals surface area contributed by atoms with Crippen LogP contribution in [0, 0.1) is 0 Å². The number of ether oxygens (including phenoxy) is 1. The molecular weight excluding hydrogens is 400 g/mol. The number of aromatic nitrogens is 3. The fourth-order valence-corrected chi connectivity index (χ4v) is 6.20. The van der Waals surface area contributed by atoms with Gasteiger partial charge in [0.1, 0.15) is 29.6 Å². The Morgan fingerprint density at radius 3 is 2.77 bits per heavy atom. The second-order valence-electron chi connectivity index (χ2n) is 8.67. The third-order valence-corrected chi connectivity index (χ3v) is 7.77. The van der Waals surface area contributed by atoms with Crippen molar-refractivity contribution in [3.8, 4) is 5.88 Å². The predicted octanol–water partition coefficient (Wildman–Crippen LogP) is 4.08. The smallest absolute Gasteiger partial charge is 0.225 e.